The number of rotatable bonds is 11. The second-order valence-electron chi connectivity index (χ2n) is 10.3. The van der Waals surface area contributed by atoms with E-state index in [-0.39, 0.29) is 16.3 Å². The summed E-state index contributed by atoms with van der Waals surface area (Å²) in [6.07, 6.45) is -7.89. The van der Waals surface area contributed by atoms with E-state index < -0.39 is 57.1 Å². The van der Waals surface area contributed by atoms with E-state index >= 15 is 0 Å². The lowest BCUT2D eigenvalue weighted by molar-refractivity contribution is -0.458. The fourth-order valence-electron chi connectivity index (χ4n) is 2.55. The third-order valence-electron chi connectivity index (χ3n) is 5.35. The van der Waals surface area contributed by atoms with Crippen molar-refractivity contribution >= 4 is 26.8 Å². The van der Waals surface area contributed by atoms with E-state index in [0.717, 1.165) is 5.75 Å². The first-order chi connectivity index (χ1) is 18.2. The van der Waals surface area contributed by atoms with Crippen LogP contribution in [0.3, 0.4) is 0 Å². The van der Waals surface area contributed by atoms with E-state index in [1.807, 2.05) is 20.8 Å². The normalized spacial score (nSPS) is 15.6. The molecular formula is C20H25F17O4S2. The Bertz CT molecular complexity index is 1070. The number of hydrogen-bond acceptors (Lipinski definition) is 4. The Kier molecular flexibility index (Phi) is 12.8. The fourth-order valence-corrected chi connectivity index (χ4v) is 5.49. The summed E-state index contributed by atoms with van der Waals surface area (Å²) in [5.41, 5.74) is -0.172. The molecule has 43 heavy (non-hydrogen) atoms. The van der Waals surface area contributed by atoms with Gasteiger partial charge in [0.15, 0.2) is 21.7 Å². The van der Waals surface area contributed by atoms with Gasteiger partial charge in [-0.2, -0.15) is 74.6 Å². The van der Waals surface area contributed by atoms with Crippen molar-refractivity contribution in [2.24, 2.45) is 5.41 Å². The van der Waals surface area contributed by atoms with Crippen molar-refractivity contribution in [3.05, 3.63) is 0 Å². The molecule has 0 saturated carbocycles. The molecule has 0 amide bonds. The molecule has 0 unspecified atom stereocenters. The van der Waals surface area contributed by atoms with Crippen LogP contribution in [0.5, 0.6) is 0 Å². The van der Waals surface area contributed by atoms with Crippen molar-refractivity contribution in [3.8, 4) is 0 Å². The van der Waals surface area contributed by atoms with Gasteiger partial charge in [-0.25, -0.2) is 8.42 Å². The molecule has 0 bridgehead atoms. The number of alkyl halides is 17. The number of Topliss-reactive ketones (excluding diaryl/α,β-unsaturated/α-hetero) is 1. The first-order valence-corrected chi connectivity index (χ1v) is 14.0. The zero-order valence-electron chi connectivity index (χ0n) is 22.7. The van der Waals surface area contributed by atoms with Crippen LogP contribution in [0.15, 0.2) is 0 Å². The lowest BCUT2D eigenvalue weighted by atomic mass is 9.91. The molecule has 0 aromatic rings. The van der Waals surface area contributed by atoms with Gasteiger partial charge in [0.25, 0.3) is 0 Å². The maximum absolute atomic E-state index is 13.0. The lowest BCUT2D eigenvalue weighted by Gasteiger charge is -2.42. The monoisotopic (exact) mass is 716 g/mol. The Hall–Kier alpha value is -1.26. The Labute approximate surface area is 236 Å². The van der Waals surface area contributed by atoms with Gasteiger partial charge in [-0.1, -0.05) is 20.8 Å². The van der Waals surface area contributed by atoms with Crippen LogP contribution >= 0.6 is 0 Å². The maximum Gasteiger partial charge on any atom is 0.460 e. The first-order valence-electron chi connectivity index (χ1n) is 11.0. The molecule has 0 fully saturated rings. The molecule has 23 heteroatoms. The van der Waals surface area contributed by atoms with Gasteiger partial charge in [-0.15, -0.1) is 0 Å². The highest BCUT2D eigenvalue weighted by molar-refractivity contribution is 7.98. The standard InChI is InChI=1S/C12H25OS.C8HF17O3S/c1-9(2)14(10(3)4)8-11(13)12(5,6)7;9-1(10,3(13,14)5(17,18)7(21,22)23)2(11,12)4(15,16)6(19,20)8(24,25)29(26,27)28/h9-10H,8H2,1-7H3;(H,26,27,28)/q+1;/p-1. The summed E-state index contributed by atoms with van der Waals surface area (Å²) in [4.78, 5) is 11.9. The Morgan fingerprint density at radius 1 is 0.581 bits per heavy atom. The zero-order valence-corrected chi connectivity index (χ0v) is 24.4. The molecule has 0 aromatic heterocycles. The van der Waals surface area contributed by atoms with Crippen LogP contribution in [0.2, 0.25) is 0 Å². The highest BCUT2D eigenvalue weighted by Gasteiger charge is 2.95. The summed E-state index contributed by atoms with van der Waals surface area (Å²) >= 11 is 0. The highest BCUT2D eigenvalue weighted by Crippen LogP contribution is 2.64. The maximum atomic E-state index is 13.0. The lowest BCUT2D eigenvalue weighted by Crippen LogP contribution is -2.75. The summed E-state index contributed by atoms with van der Waals surface area (Å²) in [5, 5.41) is -6.70. The fraction of sp³-hybridized carbons (Fsp3) is 0.950. The quantitative estimate of drug-likeness (QED) is 0.126. The first kappa shape index (κ1) is 43.9. The van der Waals surface area contributed by atoms with Crippen molar-refractivity contribution in [3.63, 3.8) is 0 Å². The molecule has 0 aliphatic rings. The Balaban J connectivity index is 0. The smallest absolute Gasteiger partial charge is 0.460 e. The van der Waals surface area contributed by atoms with Gasteiger partial charge >= 0.3 is 47.0 Å². The van der Waals surface area contributed by atoms with Gasteiger partial charge in [0, 0.05) is 5.41 Å². The summed E-state index contributed by atoms with van der Waals surface area (Å²) in [6.45, 7) is 14.9. The summed E-state index contributed by atoms with van der Waals surface area (Å²) < 4.78 is 244. The van der Waals surface area contributed by atoms with Crippen LogP contribution < -0.4 is 0 Å². The molecule has 0 spiro atoms. The summed E-state index contributed by atoms with van der Waals surface area (Å²) in [6, 6.07) is 0. The summed E-state index contributed by atoms with van der Waals surface area (Å²) in [7, 11) is -7.90. The molecule has 0 rings (SSSR count). The van der Waals surface area contributed by atoms with E-state index in [0.29, 0.717) is 16.3 Å². The van der Waals surface area contributed by atoms with E-state index in [1.54, 1.807) is 0 Å². The van der Waals surface area contributed by atoms with Gasteiger partial charge in [0.05, 0.1) is 0 Å². The number of halogens is 17. The number of carbonyl (C=O) groups is 1. The zero-order chi connectivity index (χ0) is 36.0. The molecule has 0 heterocycles. The molecule has 0 atom stereocenters. The molecule has 0 aromatic carbocycles. The predicted octanol–water partition coefficient (Wildman–Crippen LogP) is 7.54. The van der Waals surface area contributed by atoms with Crippen LogP contribution in [0.1, 0.15) is 48.5 Å². The van der Waals surface area contributed by atoms with Gasteiger partial charge in [0.2, 0.25) is 0 Å². The predicted molar refractivity (Wildman–Crippen MR) is 117 cm³/mol. The highest BCUT2D eigenvalue weighted by atomic mass is 32.2. The third kappa shape index (κ3) is 7.76. The molecule has 0 N–H and O–H groups in total. The van der Waals surface area contributed by atoms with E-state index in [2.05, 4.69) is 27.7 Å². The van der Waals surface area contributed by atoms with Gasteiger partial charge in [-0.3, -0.25) is 4.79 Å². The molecule has 4 nitrogen and oxygen atoms in total. The second kappa shape index (κ2) is 12.5. The van der Waals surface area contributed by atoms with Crippen LogP contribution in [0.4, 0.5) is 74.6 Å². The minimum atomic E-state index is -8.92. The van der Waals surface area contributed by atoms with Crippen LogP contribution in [0.25, 0.3) is 0 Å². The van der Waals surface area contributed by atoms with Crippen LogP contribution in [-0.2, 0) is 25.8 Å². The second-order valence-corrected chi connectivity index (χ2v) is 14.8. The summed E-state index contributed by atoms with van der Waals surface area (Å²) in [5.74, 6) is -51.0. The molecular weight excluding hydrogens is 691 g/mol. The minimum Gasteiger partial charge on any atom is -0.743 e. The van der Waals surface area contributed by atoms with Crippen molar-refractivity contribution in [2.75, 3.05) is 5.75 Å². The van der Waals surface area contributed by atoms with Crippen molar-refractivity contribution in [1.82, 2.24) is 0 Å². The van der Waals surface area contributed by atoms with Crippen LogP contribution in [-0.4, -0.2) is 82.0 Å². The molecule has 260 valence electrons. The number of carbonyl (C=O) groups excluding carboxylic acids is 1. The van der Waals surface area contributed by atoms with E-state index in [1.165, 1.54) is 0 Å². The third-order valence-corrected chi connectivity index (χ3v) is 9.25. The molecule has 0 aliphatic carbocycles. The Morgan fingerprint density at radius 2 is 0.837 bits per heavy atom. The van der Waals surface area contributed by atoms with Crippen molar-refractivity contribution in [2.45, 2.75) is 106 Å². The van der Waals surface area contributed by atoms with Crippen molar-refractivity contribution < 1.29 is 92.4 Å². The largest absolute Gasteiger partial charge is 0.743 e. The molecule has 0 radical (unpaired) electrons. The van der Waals surface area contributed by atoms with E-state index in [9.17, 15) is 92.4 Å². The average Bonchev–Trinajstić information content (AvgIpc) is 2.74. The topological polar surface area (TPSA) is 74.3 Å². The van der Waals surface area contributed by atoms with E-state index in [4.69, 9.17) is 0 Å². The SMILES string of the molecule is CC(C)[S+](CC(=O)C(C)(C)C)C(C)C.O=S(=O)([O-])C(F)(F)C(F)(F)C(F)(F)C(F)(F)C(F)(F)C(F)(F)C(F)(F)C(F)(F)F. The van der Waals surface area contributed by atoms with Gasteiger partial charge in [-0.05, 0) is 38.6 Å². The van der Waals surface area contributed by atoms with Crippen LogP contribution in [0, 0.1) is 5.41 Å². The van der Waals surface area contributed by atoms with Gasteiger partial charge < -0.3 is 4.55 Å². The molecule has 0 saturated heterocycles. The Morgan fingerprint density at radius 3 is 1.05 bits per heavy atom. The van der Waals surface area contributed by atoms with Crippen molar-refractivity contribution in [1.29, 1.82) is 0 Å². The average molecular weight is 717 g/mol. The molecule has 0 aliphatic heterocycles. The number of hydrogen-bond donors (Lipinski definition) is 0. The van der Waals surface area contributed by atoms with Gasteiger partial charge in [0.1, 0.15) is 10.5 Å². The minimum absolute atomic E-state index is 0.172. The number of ketones is 1.